The first kappa shape index (κ1) is 10.7. The number of aromatic nitrogens is 3. The van der Waals surface area contributed by atoms with Crippen LogP contribution in [0.3, 0.4) is 0 Å². The molecule has 0 aromatic carbocycles. The number of nitrogens with zero attached hydrogens (tertiary/aromatic N) is 4. The van der Waals surface area contributed by atoms with E-state index in [1.807, 2.05) is 4.68 Å². The molecule has 4 nitrogen and oxygen atoms in total. The van der Waals surface area contributed by atoms with Gasteiger partial charge in [0.2, 0.25) is 0 Å². The summed E-state index contributed by atoms with van der Waals surface area (Å²) in [6, 6.07) is 2.12. The SMILES string of the molecule is CCCc1c(CC#N)nnn1CCC. The smallest absolute Gasteiger partial charge is 0.0999 e. The minimum atomic E-state index is 0.374. The lowest BCUT2D eigenvalue weighted by molar-refractivity contribution is 0.552. The molecule has 4 heteroatoms. The van der Waals surface area contributed by atoms with Crippen LogP contribution in [0.25, 0.3) is 0 Å². The van der Waals surface area contributed by atoms with E-state index in [1.54, 1.807) is 0 Å². The first-order valence-electron chi connectivity index (χ1n) is 5.11. The molecule has 14 heavy (non-hydrogen) atoms. The molecule has 0 saturated heterocycles. The molecular formula is C10H16N4. The lowest BCUT2D eigenvalue weighted by Gasteiger charge is -2.03. The van der Waals surface area contributed by atoms with E-state index in [4.69, 9.17) is 5.26 Å². The minimum Gasteiger partial charge on any atom is -0.249 e. The maximum absolute atomic E-state index is 8.62. The van der Waals surface area contributed by atoms with Gasteiger partial charge in [0, 0.05) is 6.54 Å². The summed E-state index contributed by atoms with van der Waals surface area (Å²) in [7, 11) is 0. The van der Waals surface area contributed by atoms with Gasteiger partial charge in [0.1, 0.15) is 0 Å². The maximum Gasteiger partial charge on any atom is 0.0999 e. The third-order valence-corrected chi connectivity index (χ3v) is 2.09. The van der Waals surface area contributed by atoms with E-state index in [0.29, 0.717) is 6.42 Å². The number of hydrogen-bond acceptors (Lipinski definition) is 3. The Morgan fingerprint density at radius 1 is 1.36 bits per heavy atom. The molecule has 0 bridgehead atoms. The fourth-order valence-electron chi connectivity index (χ4n) is 1.48. The summed E-state index contributed by atoms with van der Waals surface area (Å²) in [5.74, 6) is 0. The first-order valence-corrected chi connectivity index (χ1v) is 5.11. The Hall–Kier alpha value is -1.37. The molecule has 0 amide bonds. The summed E-state index contributed by atoms with van der Waals surface area (Å²) < 4.78 is 1.93. The van der Waals surface area contributed by atoms with Gasteiger partial charge in [-0.05, 0) is 12.8 Å². The van der Waals surface area contributed by atoms with Crippen LogP contribution in [0.1, 0.15) is 38.1 Å². The van der Waals surface area contributed by atoms with Crippen molar-refractivity contribution in [2.24, 2.45) is 0 Å². The van der Waals surface area contributed by atoms with Crippen molar-refractivity contribution in [1.29, 1.82) is 5.26 Å². The van der Waals surface area contributed by atoms with E-state index in [9.17, 15) is 0 Å². The Morgan fingerprint density at radius 2 is 2.14 bits per heavy atom. The Balaban J connectivity index is 2.89. The van der Waals surface area contributed by atoms with Crippen LogP contribution in [0, 0.1) is 11.3 Å². The van der Waals surface area contributed by atoms with Crippen molar-refractivity contribution < 1.29 is 0 Å². The van der Waals surface area contributed by atoms with Gasteiger partial charge in [-0.3, -0.25) is 0 Å². The Morgan fingerprint density at radius 3 is 2.71 bits per heavy atom. The summed E-state index contributed by atoms with van der Waals surface area (Å²) in [4.78, 5) is 0. The molecule has 0 atom stereocenters. The van der Waals surface area contributed by atoms with Crippen molar-refractivity contribution in [3.05, 3.63) is 11.4 Å². The lowest BCUT2D eigenvalue weighted by Crippen LogP contribution is -2.05. The van der Waals surface area contributed by atoms with Crippen molar-refractivity contribution >= 4 is 0 Å². The zero-order valence-electron chi connectivity index (χ0n) is 8.82. The maximum atomic E-state index is 8.62. The van der Waals surface area contributed by atoms with Crippen molar-refractivity contribution in [3.8, 4) is 6.07 Å². The monoisotopic (exact) mass is 192 g/mol. The highest BCUT2D eigenvalue weighted by Crippen LogP contribution is 2.09. The second-order valence-electron chi connectivity index (χ2n) is 3.29. The van der Waals surface area contributed by atoms with Crippen LogP contribution >= 0.6 is 0 Å². The lowest BCUT2D eigenvalue weighted by atomic mass is 10.2. The van der Waals surface area contributed by atoms with Gasteiger partial charge < -0.3 is 0 Å². The molecule has 0 aliphatic heterocycles. The second kappa shape index (κ2) is 5.38. The quantitative estimate of drug-likeness (QED) is 0.713. The molecule has 0 fully saturated rings. The van der Waals surface area contributed by atoms with E-state index in [1.165, 1.54) is 0 Å². The summed E-state index contributed by atoms with van der Waals surface area (Å²) in [6.07, 6.45) is 3.45. The molecule has 1 heterocycles. The Kier molecular flexibility index (Phi) is 4.11. The summed E-state index contributed by atoms with van der Waals surface area (Å²) in [6.45, 7) is 5.13. The van der Waals surface area contributed by atoms with Crippen LogP contribution in [0.15, 0.2) is 0 Å². The zero-order valence-corrected chi connectivity index (χ0v) is 8.82. The van der Waals surface area contributed by atoms with E-state index >= 15 is 0 Å². The molecule has 0 unspecified atom stereocenters. The molecule has 1 aromatic rings. The third kappa shape index (κ3) is 2.32. The molecule has 0 aliphatic carbocycles. The van der Waals surface area contributed by atoms with Gasteiger partial charge in [0.25, 0.3) is 0 Å². The standard InChI is InChI=1S/C10H16N4/c1-3-5-10-9(6-7-11)12-13-14(10)8-4-2/h3-6,8H2,1-2H3. The molecule has 76 valence electrons. The highest BCUT2D eigenvalue weighted by Gasteiger charge is 2.10. The van der Waals surface area contributed by atoms with E-state index in [-0.39, 0.29) is 0 Å². The van der Waals surface area contributed by atoms with Gasteiger partial charge in [-0.1, -0.05) is 25.5 Å². The molecule has 0 radical (unpaired) electrons. The minimum absolute atomic E-state index is 0.374. The molecule has 1 aromatic heterocycles. The first-order chi connectivity index (χ1) is 6.83. The number of rotatable bonds is 5. The summed E-state index contributed by atoms with van der Waals surface area (Å²) >= 11 is 0. The topological polar surface area (TPSA) is 54.5 Å². The van der Waals surface area contributed by atoms with Crippen LogP contribution < -0.4 is 0 Å². The van der Waals surface area contributed by atoms with Crippen molar-refractivity contribution in [2.45, 2.75) is 46.1 Å². The average molecular weight is 192 g/mol. The normalized spacial score (nSPS) is 10.1. The van der Waals surface area contributed by atoms with Crippen molar-refractivity contribution in [2.75, 3.05) is 0 Å². The Bertz CT molecular complexity index is 321. The van der Waals surface area contributed by atoms with E-state index < -0.39 is 0 Å². The predicted octanol–water partition coefficient (Wildman–Crippen LogP) is 1.71. The van der Waals surface area contributed by atoms with Gasteiger partial charge in [0.15, 0.2) is 0 Å². The molecule has 0 N–H and O–H groups in total. The third-order valence-electron chi connectivity index (χ3n) is 2.09. The molecule has 0 spiro atoms. The van der Waals surface area contributed by atoms with Gasteiger partial charge in [0.05, 0.1) is 23.9 Å². The van der Waals surface area contributed by atoms with E-state index in [2.05, 4.69) is 30.2 Å². The average Bonchev–Trinajstić information content (AvgIpc) is 2.52. The van der Waals surface area contributed by atoms with Crippen molar-refractivity contribution in [3.63, 3.8) is 0 Å². The van der Waals surface area contributed by atoms with Crippen LogP contribution in [0.5, 0.6) is 0 Å². The van der Waals surface area contributed by atoms with E-state index in [0.717, 1.165) is 37.2 Å². The molecule has 1 rings (SSSR count). The fraction of sp³-hybridized carbons (Fsp3) is 0.700. The van der Waals surface area contributed by atoms with Crippen molar-refractivity contribution in [1.82, 2.24) is 15.0 Å². The van der Waals surface area contributed by atoms with Gasteiger partial charge >= 0.3 is 0 Å². The zero-order chi connectivity index (χ0) is 10.4. The van der Waals surface area contributed by atoms with Gasteiger partial charge in [-0.25, -0.2) is 4.68 Å². The molecule has 0 aliphatic rings. The van der Waals surface area contributed by atoms with Crippen LogP contribution in [-0.2, 0) is 19.4 Å². The van der Waals surface area contributed by atoms with Crippen LogP contribution in [0.2, 0.25) is 0 Å². The highest BCUT2D eigenvalue weighted by molar-refractivity contribution is 5.14. The number of hydrogen-bond donors (Lipinski definition) is 0. The summed E-state index contributed by atoms with van der Waals surface area (Å²) in [5, 5.41) is 16.7. The largest absolute Gasteiger partial charge is 0.249 e. The molecule has 0 saturated carbocycles. The Labute approximate surface area is 84.5 Å². The van der Waals surface area contributed by atoms with Crippen LogP contribution in [-0.4, -0.2) is 15.0 Å². The summed E-state index contributed by atoms with van der Waals surface area (Å²) in [5.41, 5.74) is 1.98. The van der Waals surface area contributed by atoms with Gasteiger partial charge in [-0.2, -0.15) is 5.26 Å². The van der Waals surface area contributed by atoms with Gasteiger partial charge in [-0.15, -0.1) is 5.10 Å². The highest BCUT2D eigenvalue weighted by atomic mass is 15.4. The number of aryl methyl sites for hydroxylation is 1. The number of nitriles is 1. The second-order valence-corrected chi connectivity index (χ2v) is 3.29. The predicted molar refractivity (Wildman–Crippen MR) is 53.6 cm³/mol. The fourth-order valence-corrected chi connectivity index (χ4v) is 1.48. The van der Waals surface area contributed by atoms with Crippen LogP contribution in [0.4, 0.5) is 0 Å². The molecular weight excluding hydrogens is 176 g/mol.